The second-order valence-corrected chi connectivity index (χ2v) is 9.14. The minimum Gasteiger partial charge on any atom is -0.462 e. The van der Waals surface area contributed by atoms with Crippen molar-refractivity contribution in [2.75, 3.05) is 13.2 Å². The van der Waals surface area contributed by atoms with Crippen molar-refractivity contribution in [1.82, 2.24) is 0 Å². The Morgan fingerprint density at radius 1 is 0.643 bits per heavy atom. The molecule has 168 valence electrons. The van der Waals surface area contributed by atoms with Gasteiger partial charge < -0.3 is 9.47 Å². The fourth-order valence-corrected chi connectivity index (χ4v) is 2.77. The molecule has 0 aromatic carbocycles. The lowest BCUT2D eigenvalue weighted by Crippen LogP contribution is -2.16. The van der Waals surface area contributed by atoms with Crippen LogP contribution in [0.15, 0.2) is 0 Å². The van der Waals surface area contributed by atoms with Crippen LogP contribution in [0.1, 0.15) is 105 Å². The van der Waals surface area contributed by atoms with Crippen LogP contribution in [0.4, 0.5) is 0 Å². The summed E-state index contributed by atoms with van der Waals surface area (Å²) < 4.78 is 9.65. The molecule has 0 heterocycles. The van der Waals surface area contributed by atoms with Gasteiger partial charge in [-0.15, -0.1) is 0 Å². The zero-order valence-electron chi connectivity index (χ0n) is 18.6. The van der Waals surface area contributed by atoms with Gasteiger partial charge in [0.05, 0.1) is 12.8 Å². The average Bonchev–Trinajstić information content (AvgIpc) is 2.60. The van der Waals surface area contributed by atoms with E-state index in [1.807, 2.05) is 0 Å². The van der Waals surface area contributed by atoms with E-state index in [-0.39, 0.29) is 48.5 Å². The number of rotatable bonds is 16. The third-order valence-corrected chi connectivity index (χ3v) is 4.36. The highest BCUT2D eigenvalue weighted by molar-refractivity contribution is 7.81. The van der Waals surface area contributed by atoms with Crippen molar-refractivity contribution in [2.24, 2.45) is 0 Å². The number of hydrogen-bond acceptors (Lipinski definition) is 6. The van der Waals surface area contributed by atoms with Crippen LogP contribution in [0.25, 0.3) is 0 Å². The highest BCUT2D eigenvalue weighted by Gasteiger charge is 2.08. The van der Waals surface area contributed by atoms with E-state index in [0.717, 1.165) is 0 Å². The van der Waals surface area contributed by atoms with Crippen LogP contribution < -0.4 is 0 Å². The minimum absolute atomic E-state index is 0.0277. The summed E-state index contributed by atoms with van der Waals surface area (Å²) >= 11 is 8.12. The van der Waals surface area contributed by atoms with Gasteiger partial charge in [0.25, 0.3) is 0 Å². The summed E-state index contributed by atoms with van der Waals surface area (Å²) in [5.74, 6) is -0.665. The van der Waals surface area contributed by atoms with Gasteiger partial charge in [-0.2, -0.15) is 25.3 Å². The first-order chi connectivity index (χ1) is 13.3. The molecule has 0 radical (unpaired) electrons. The topological polar surface area (TPSA) is 52.6 Å². The lowest BCUT2D eigenvalue weighted by Gasteiger charge is -2.08. The molecule has 0 fully saturated rings. The van der Waals surface area contributed by atoms with Gasteiger partial charge in [-0.1, -0.05) is 91.9 Å². The van der Waals surface area contributed by atoms with Crippen LogP contribution in [0.3, 0.4) is 0 Å². The van der Waals surface area contributed by atoms with Crippen LogP contribution in [-0.4, -0.2) is 35.7 Å². The van der Waals surface area contributed by atoms with Crippen LogP contribution >= 0.6 is 25.3 Å². The van der Waals surface area contributed by atoms with Crippen molar-refractivity contribution in [3.05, 3.63) is 0 Å². The molecule has 2 atom stereocenters. The van der Waals surface area contributed by atoms with Crippen molar-refractivity contribution in [3.8, 4) is 0 Å². The Morgan fingerprint density at radius 2 is 0.929 bits per heavy atom. The number of thiol groups is 2. The first-order valence-corrected chi connectivity index (χ1v) is 12.0. The van der Waals surface area contributed by atoms with Crippen LogP contribution in [0, 0.1) is 0 Å². The van der Waals surface area contributed by atoms with E-state index in [9.17, 15) is 9.59 Å². The first kappa shape index (κ1) is 29.8. The average molecular weight is 437 g/mol. The summed E-state index contributed by atoms with van der Waals surface area (Å²) in [5.41, 5.74) is 0. The van der Waals surface area contributed by atoms with Gasteiger partial charge in [-0.25, -0.2) is 0 Å². The smallest absolute Gasteiger partial charge is 0.307 e. The molecule has 0 amide bonds. The van der Waals surface area contributed by atoms with E-state index >= 15 is 0 Å². The zero-order valence-corrected chi connectivity index (χ0v) is 20.4. The molecule has 0 bridgehead atoms. The first-order valence-electron chi connectivity index (χ1n) is 11.0. The molecule has 0 rings (SSSR count). The van der Waals surface area contributed by atoms with Crippen molar-refractivity contribution in [2.45, 2.75) is 115 Å². The molecule has 0 aliphatic rings. The molecule has 0 saturated carbocycles. The standard InChI is InChI=1S/C12H26.C10H18O4S2/c1-3-5-7-9-11-12-10-8-6-4-2;1-7(15)5-9(11)13-3-4-14-10(12)6-8(2)16/h3-12H2,1-2H3;7-8,15-16H,3-6H2,1-2H3. The predicted octanol–water partition coefficient (Wildman–Crippen LogP) is 6.42. The van der Waals surface area contributed by atoms with E-state index in [1.54, 1.807) is 13.8 Å². The van der Waals surface area contributed by atoms with E-state index in [1.165, 1.54) is 64.2 Å². The number of hydrogen-bond donors (Lipinski definition) is 2. The quantitative estimate of drug-likeness (QED) is 0.167. The molecule has 0 saturated heterocycles. The van der Waals surface area contributed by atoms with E-state index in [0.29, 0.717) is 0 Å². The van der Waals surface area contributed by atoms with Gasteiger partial charge >= 0.3 is 11.9 Å². The zero-order chi connectivity index (χ0) is 21.6. The fraction of sp³-hybridized carbons (Fsp3) is 0.909. The Bertz CT molecular complexity index is 326. The summed E-state index contributed by atoms with van der Waals surface area (Å²) in [6, 6.07) is 0. The highest BCUT2D eigenvalue weighted by atomic mass is 32.1. The molecular formula is C22H44O4S2. The molecule has 0 aromatic heterocycles. The van der Waals surface area contributed by atoms with Gasteiger partial charge in [0.15, 0.2) is 0 Å². The van der Waals surface area contributed by atoms with Gasteiger partial charge in [-0.3, -0.25) is 9.59 Å². The molecule has 0 N–H and O–H groups in total. The van der Waals surface area contributed by atoms with Crippen molar-refractivity contribution < 1.29 is 19.1 Å². The Kier molecular flexibility index (Phi) is 24.4. The number of esters is 2. The third-order valence-electron chi connectivity index (χ3n) is 3.99. The summed E-state index contributed by atoms with van der Waals surface area (Å²) in [5, 5.41) is -0.0554. The van der Waals surface area contributed by atoms with Gasteiger partial charge in [0, 0.05) is 10.5 Å². The Balaban J connectivity index is 0. The summed E-state index contributed by atoms with van der Waals surface area (Å²) in [7, 11) is 0. The van der Waals surface area contributed by atoms with Crippen molar-refractivity contribution in [3.63, 3.8) is 0 Å². The van der Waals surface area contributed by atoms with Crippen molar-refractivity contribution in [1.29, 1.82) is 0 Å². The van der Waals surface area contributed by atoms with Gasteiger partial charge in [0.2, 0.25) is 0 Å². The molecule has 2 unspecified atom stereocenters. The number of carbonyl (C=O) groups excluding carboxylic acids is 2. The van der Waals surface area contributed by atoms with E-state index < -0.39 is 0 Å². The lowest BCUT2D eigenvalue weighted by atomic mass is 10.1. The molecule has 0 spiro atoms. The van der Waals surface area contributed by atoms with Gasteiger partial charge in [0.1, 0.15) is 13.2 Å². The summed E-state index contributed by atoms with van der Waals surface area (Å²) in [4.78, 5) is 22.1. The largest absolute Gasteiger partial charge is 0.462 e. The molecular weight excluding hydrogens is 392 g/mol. The SMILES string of the molecule is CC(S)CC(=O)OCCOC(=O)CC(C)S.CCCCCCCCCCCC. The minimum atomic E-state index is -0.332. The Morgan fingerprint density at radius 3 is 1.18 bits per heavy atom. The second kappa shape index (κ2) is 22.9. The normalized spacial score (nSPS) is 12.5. The van der Waals surface area contributed by atoms with Crippen LogP contribution in [-0.2, 0) is 19.1 Å². The van der Waals surface area contributed by atoms with Crippen LogP contribution in [0.2, 0.25) is 0 Å². The molecule has 0 aromatic rings. The number of ether oxygens (including phenoxy) is 2. The maximum absolute atomic E-state index is 11.1. The summed E-state index contributed by atoms with van der Waals surface area (Å²) in [6.45, 7) is 8.34. The fourth-order valence-electron chi connectivity index (χ4n) is 2.47. The van der Waals surface area contributed by atoms with Crippen molar-refractivity contribution >= 4 is 37.2 Å². The Labute approximate surface area is 184 Å². The van der Waals surface area contributed by atoms with Crippen LogP contribution in [0.5, 0.6) is 0 Å². The maximum Gasteiger partial charge on any atom is 0.307 e. The number of carbonyl (C=O) groups is 2. The summed E-state index contributed by atoms with van der Waals surface area (Å²) in [6.07, 6.45) is 15.0. The monoisotopic (exact) mass is 436 g/mol. The van der Waals surface area contributed by atoms with Gasteiger partial charge in [-0.05, 0) is 0 Å². The maximum atomic E-state index is 11.1. The Hall–Kier alpha value is -0.360. The molecule has 28 heavy (non-hydrogen) atoms. The second-order valence-electron chi connectivity index (χ2n) is 7.38. The van der Waals surface area contributed by atoms with E-state index in [4.69, 9.17) is 9.47 Å². The third kappa shape index (κ3) is 27.9. The lowest BCUT2D eigenvalue weighted by molar-refractivity contribution is -0.152. The number of unbranched alkanes of at least 4 members (excludes halogenated alkanes) is 9. The predicted molar refractivity (Wildman–Crippen MR) is 126 cm³/mol. The highest BCUT2D eigenvalue weighted by Crippen LogP contribution is 2.10. The molecule has 4 nitrogen and oxygen atoms in total. The van der Waals surface area contributed by atoms with E-state index in [2.05, 4.69) is 39.1 Å². The molecule has 6 heteroatoms. The molecule has 0 aliphatic heterocycles. The molecule has 0 aliphatic carbocycles.